The zero-order valence-corrected chi connectivity index (χ0v) is 11.5. The molecule has 0 saturated heterocycles. The number of aromatic carboxylic acids is 1. The Morgan fingerprint density at radius 1 is 1.40 bits per heavy atom. The van der Waals surface area contributed by atoms with Gasteiger partial charge in [-0.2, -0.15) is 0 Å². The molecular weight excluding hydrogens is 254 g/mol. The number of benzene rings is 1. The van der Waals surface area contributed by atoms with Crippen LogP contribution in [0.5, 0.6) is 0 Å². The van der Waals surface area contributed by atoms with Gasteiger partial charge >= 0.3 is 5.97 Å². The van der Waals surface area contributed by atoms with Gasteiger partial charge in [0.25, 0.3) is 0 Å². The van der Waals surface area contributed by atoms with Crippen LogP contribution >= 0.6 is 0 Å². The lowest BCUT2D eigenvalue weighted by atomic mass is 10.1. The van der Waals surface area contributed by atoms with E-state index in [0.29, 0.717) is 12.2 Å². The van der Waals surface area contributed by atoms with E-state index in [1.54, 1.807) is 18.3 Å². The second-order valence-corrected chi connectivity index (χ2v) is 4.70. The Hall–Kier alpha value is -2.56. The minimum atomic E-state index is -0.980. The van der Waals surface area contributed by atoms with Crippen molar-refractivity contribution in [2.24, 2.45) is 0 Å². The van der Waals surface area contributed by atoms with E-state index in [-0.39, 0.29) is 5.56 Å². The van der Waals surface area contributed by atoms with E-state index in [4.69, 9.17) is 10.8 Å². The molecule has 0 saturated carbocycles. The molecule has 104 valence electrons. The molecule has 2 aromatic rings. The highest BCUT2D eigenvalue weighted by Gasteiger charge is 2.11. The van der Waals surface area contributed by atoms with Crippen molar-refractivity contribution in [3.05, 3.63) is 53.3 Å². The minimum absolute atomic E-state index is 0.189. The number of anilines is 2. The molecule has 0 aliphatic rings. The van der Waals surface area contributed by atoms with Crippen LogP contribution in [-0.4, -0.2) is 23.1 Å². The van der Waals surface area contributed by atoms with Crippen molar-refractivity contribution in [1.29, 1.82) is 0 Å². The van der Waals surface area contributed by atoms with Gasteiger partial charge in [-0.25, -0.2) is 4.79 Å². The predicted molar refractivity (Wildman–Crippen MR) is 78.9 cm³/mol. The van der Waals surface area contributed by atoms with E-state index in [2.05, 4.69) is 4.98 Å². The van der Waals surface area contributed by atoms with E-state index in [0.717, 1.165) is 16.9 Å². The second kappa shape index (κ2) is 5.61. The van der Waals surface area contributed by atoms with Crippen LogP contribution in [0, 0.1) is 6.92 Å². The largest absolute Gasteiger partial charge is 0.478 e. The maximum atomic E-state index is 10.9. The standard InChI is InChI=1S/C15H17N3O2/c1-10-4-3-7-17-13(10)9-18(2)14-6-5-11(15(19)20)8-12(14)16/h3-8H,9,16H2,1-2H3,(H,19,20). The highest BCUT2D eigenvalue weighted by Crippen LogP contribution is 2.25. The number of aromatic nitrogens is 1. The van der Waals surface area contributed by atoms with E-state index in [1.165, 1.54) is 6.07 Å². The number of hydrogen-bond donors (Lipinski definition) is 2. The quantitative estimate of drug-likeness (QED) is 0.834. The van der Waals surface area contributed by atoms with E-state index >= 15 is 0 Å². The Balaban J connectivity index is 2.23. The smallest absolute Gasteiger partial charge is 0.335 e. The van der Waals surface area contributed by atoms with Crippen LogP contribution in [0.15, 0.2) is 36.5 Å². The lowest BCUT2D eigenvalue weighted by Gasteiger charge is -2.21. The summed E-state index contributed by atoms with van der Waals surface area (Å²) in [6.07, 6.45) is 1.76. The van der Waals surface area contributed by atoms with Crippen molar-refractivity contribution in [3.63, 3.8) is 0 Å². The third kappa shape index (κ3) is 2.88. The summed E-state index contributed by atoms with van der Waals surface area (Å²) in [5.74, 6) is -0.980. The number of pyridine rings is 1. The van der Waals surface area contributed by atoms with Crippen LogP contribution in [0.2, 0.25) is 0 Å². The molecule has 1 heterocycles. The molecule has 1 aromatic carbocycles. The normalized spacial score (nSPS) is 10.3. The summed E-state index contributed by atoms with van der Waals surface area (Å²) in [4.78, 5) is 17.2. The Labute approximate surface area is 117 Å². The molecule has 2 rings (SSSR count). The fraction of sp³-hybridized carbons (Fsp3) is 0.200. The van der Waals surface area contributed by atoms with Crippen LogP contribution in [0.25, 0.3) is 0 Å². The van der Waals surface area contributed by atoms with Crippen LogP contribution < -0.4 is 10.6 Å². The summed E-state index contributed by atoms with van der Waals surface area (Å²) in [7, 11) is 1.90. The molecule has 0 spiro atoms. The summed E-state index contributed by atoms with van der Waals surface area (Å²) >= 11 is 0. The van der Waals surface area contributed by atoms with E-state index in [1.807, 2.05) is 31.0 Å². The number of aryl methyl sites for hydroxylation is 1. The summed E-state index contributed by atoms with van der Waals surface area (Å²) in [6, 6.07) is 8.65. The number of carbonyl (C=O) groups is 1. The van der Waals surface area contributed by atoms with Gasteiger partial charge in [-0.15, -0.1) is 0 Å². The number of carboxylic acid groups (broad SMARTS) is 1. The second-order valence-electron chi connectivity index (χ2n) is 4.70. The first-order valence-corrected chi connectivity index (χ1v) is 6.23. The lowest BCUT2D eigenvalue weighted by molar-refractivity contribution is 0.0697. The predicted octanol–water partition coefficient (Wildman–Crippen LogP) is 2.31. The number of nitrogen functional groups attached to an aromatic ring is 1. The molecule has 5 nitrogen and oxygen atoms in total. The molecule has 0 aliphatic heterocycles. The lowest BCUT2D eigenvalue weighted by Crippen LogP contribution is -2.19. The number of nitrogens with two attached hydrogens (primary N) is 1. The van der Waals surface area contributed by atoms with Gasteiger partial charge in [-0.05, 0) is 36.8 Å². The van der Waals surface area contributed by atoms with E-state index < -0.39 is 5.97 Å². The Morgan fingerprint density at radius 2 is 2.15 bits per heavy atom. The zero-order valence-electron chi connectivity index (χ0n) is 11.5. The van der Waals surface area contributed by atoms with Crippen molar-refractivity contribution in [1.82, 2.24) is 4.98 Å². The summed E-state index contributed by atoms with van der Waals surface area (Å²) in [5.41, 5.74) is 9.43. The first kappa shape index (κ1) is 13.9. The Morgan fingerprint density at radius 3 is 2.75 bits per heavy atom. The molecule has 0 fully saturated rings. The highest BCUT2D eigenvalue weighted by molar-refractivity contribution is 5.90. The van der Waals surface area contributed by atoms with Crippen molar-refractivity contribution in [3.8, 4) is 0 Å². The number of rotatable bonds is 4. The van der Waals surface area contributed by atoms with Gasteiger partial charge in [0.2, 0.25) is 0 Å². The third-order valence-electron chi connectivity index (χ3n) is 3.19. The number of hydrogen-bond acceptors (Lipinski definition) is 4. The monoisotopic (exact) mass is 271 g/mol. The maximum Gasteiger partial charge on any atom is 0.335 e. The van der Waals surface area contributed by atoms with Gasteiger partial charge in [0.05, 0.1) is 29.2 Å². The van der Waals surface area contributed by atoms with Crippen LogP contribution in [0.4, 0.5) is 11.4 Å². The highest BCUT2D eigenvalue weighted by atomic mass is 16.4. The number of nitrogens with zero attached hydrogens (tertiary/aromatic N) is 2. The fourth-order valence-corrected chi connectivity index (χ4v) is 2.03. The molecular formula is C15H17N3O2. The Bertz CT molecular complexity index is 641. The molecule has 0 bridgehead atoms. The first-order chi connectivity index (χ1) is 9.49. The third-order valence-corrected chi connectivity index (χ3v) is 3.19. The molecule has 3 N–H and O–H groups in total. The molecule has 0 unspecified atom stereocenters. The van der Waals surface area contributed by atoms with Gasteiger partial charge in [0.15, 0.2) is 0 Å². The number of carboxylic acids is 1. The van der Waals surface area contributed by atoms with Crippen molar-refractivity contribution >= 4 is 17.3 Å². The SMILES string of the molecule is Cc1cccnc1CN(C)c1ccc(C(=O)O)cc1N. The topological polar surface area (TPSA) is 79.5 Å². The average molecular weight is 271 g/mol. The van der Waals surface area contributed by atoms with Gasteiger partial charge in [0.1, 0.15) is 0 Å². The van der Waals surface area contributed by atoms with Crippen LogP contribution in [0.1, 0.15) is 21.6 Å². The zero-order chi connectivity index (χ0) is 14.7. The summed E-state index contributed by atoms with van der Waals surface area (Å²) in [6.45, 7) is 2.62. The van der Waals surface area contributed by atoms with Crippen molar-refractivity contribution in [2.75, 3.05) is 17.7 Å². The summed E-state index contributed by atoms with van der Waals surface area (Å²) in [5, 5.41) is 8.93. The molecule has 0 radical (unpaired) electrons. The summed E-state index contributed by atoms with van der Waals surface area (Å²) < 4.78 is 0. The molecule has 0 amide bonds. The molecule has 0 atom stereocenters. The van der Waals surface area contributed by atoms with E-state index in [9.17, 15) is 4.79 Å². The first-order valence-electron chi connectivity index (χ1n) is 6.23. The Kier molecular flexibility index (Phi) is 3.89. The molecule has 1 aromatic heterocycles. The van der Waals surface area contributed by atoms with Crippen LogP contribution in [-0.2, 0) is 6.54 Å². The molecule has 0 aliphatic carbocycles. The fourth-order valence-electron chi connectivity index (χ4n) is 2.03. The average Bonchev–Trinajstić information content (AvgIpc) is 2.41. The van der Waals surface area contributed by atoms with Gasteiger partial charge in [-0.3, -0.25) is 4.98 Å². The van der Waals surface area contributed by atoms with Gasteiger partial charge < -0.3 is 15.7 Å². The minimum Gasteiger partial charge on any atom is -0.478 e. The van der Waals surface area contributed by atoms with Crippen molar-refractivity contribution in [2.45, 2.75) is 13.5 Å². The maximum absolute atomic E-state index is 10.9. The van der Waals surface area contributed by atoms with Gasteiger partial charge in [-0.1, -0.05) is 6.07 Å². The molecule has 20 heavy (non-hydrogen) atoms. The van der Waals surface area contributed by atoms with Crippen molar-refractivity contribution < 1.29 is 9.90 Å². The van der Waals surface area contributed by atoms with Gasteiger partial charge in [0, 0.05) is 13.2 Å². The molecule has 5 heteroatoms. The van der Waals surface area contributed by atoms with Crippen LogP contribution in [0.3, 0.4) is 0 Å².